The molecule has 4 aliphatic heterocycles. The van der Waals surface area contributed by atoms with Crippen molar-refractivity contribution in [3.05, 3.63) is 39.7 Å². The van der Waals surface area contributed by atoms with Gasteiger partial charge in [-0.15, -0.1) is 4.58 Å². The molecule has 3 saturated heterocycles. The van der Waals surface area contributed by atoms with Crippen LogP contribution in [0.5, 0.6) is 0 Å². The van der Waals surface area contributed by atoms with Crippen LogP contribution in [0.15, 0.2) is 28.6 Å². The van der Waals surface area contributed by atoms with E-state index in [-0.39, 0.29) is 51.5 Å². The maximum absolute atomic E-state index is 13.7. The predicted octanol–water partition coefficient (Wildman–Crippen LogP) is -7.73. The number of aromatic nitrogens is 10. The minimum absolute atomic E-state index is 0.0225. The molecule has 0 aliphatic carbocycles. The van der Waals surface area contributed by atoms with Crippen molar-refractivity contribution in [2.24, 2.45) is 0 Å². The number of rotatable bonds is 19. The number of aromatic amines is 2. The van der Waals surface area contributed by atoms with Crippen LogP contribution in [0.1, 0.15) is 12.5 Å². The molecule has 0 radical (unpaired) electrons. The minimum Gasteiger partial charge on any atom is -0.756 e. The highest BCUT2D eigenvalue weighted by Crippen LogP contribution is 2.63. The number of ether oxygens (including phenoxy) is 4. The van der Waals surface area contributed by atoms with Gasteiger partial charge in [0, 0.05) is 12.1 Å². The Morgan fingerprint density at radius 3 is 1.97 bits per heavy atom. The Balaban J connectivity index is 0.844. The molecular formula is C32H42N15O24P4-. The Kier molecular flexibility index (Phi) is 14.9. The van der Waals surface area contributed by atoms with Gasteiger partial charge in [-0.3, -0.25) is 51.4 Å². The van der Waals surface area contributed by atoms with E-state index in [2.05, 4.69) is 53.0 Å². The van der Waals surface area contributed by atoms with E-state index in [0.29, 0.717) is 4.90 Å². The second-order valence-corrected chi connectivity index (χ2v) is 22.4. The second-order valence-electron chi connectivity index (χ2n) is 16.5. The van der Waals surface area contributed by atoms with Gasteiger partial charge in [-0.1, -0.05) is 0 Å². The van der Waals surface area contributed by atoms with Gasteiger partial charge < -0.3 is 85.2 Å². The lowest BCUT2D eigenvalue weighted by atomic mass is 10.1. The number of phosphoric ester groups is 3. The Morgan fingerprint density at radius 2 is 1.29 bits per heavy atom. The summed E-state index contributed by atoms with van der Waals surface area (Å²) in [5, 5.41) is 43.1. The number of nitrogen functional groups attached to an aromatic ring is 3. The molecule has 0 spiro atoms. The molecule has 75 heavy (non-hydrogen) atoms. The van der Waals surface area contributed by atoms with Crippen LogP contribution in [0.4, 0.5) is 29.2 Å². The van der Waals surface area contributed by atoms with Crippen LogP contribution in [0.3, 0.4) is 0 Å². The highest BCUT2D eigenvalue weighted by molar-refractivity contribution is 7.65. The van der Waals surface area contributed by atoms with E-state index in [4.69, 9.17) is 49.7 Å². The standard InChI is InChI=1S/C32H43N15O24P4/c1-44-9-47(25-15(44)27(53)43-32(35)41-25)29-19(51)17(49)11(67-29)4-64-73(56,57)70-75(60,61)71-74(58,59)65-5-12-20(62-2)21(30(68-12)45-7-38-13-22(33)36-6-37-23(13)45)69-72(54,55)63-3-10-16(48)18(50)28(66-10)46-8-39-14-24(46)40-31(34)42-26(14)52/h6-12,16-21,28-30,48-51H,3-5H2,1-2H3,(H11-,33,34,35,36,37,40,41,42,43,52,53,54,55,56,57,58,59,60,61)/p-1/t10-,11-,12-,16-,17-,18-,19-,20-,21-,28-,29-,30-/m1/s1. The van der Waals surface area contributed by atoms with Gasteiger partial charge in [0.05, 0.1) is 39.5 Å². The summed E-state index contributed by atoms with van der Waals surface area (Å²) < 4.78 is 106. The van der Waals surface area contributed by atoms with Crippen LogP contribution in [0, 0.1) is 0 Å². The fourth-order valence-electron chi connectivity index (χ4n) is 8.38. The lowest BCUT2D eigenvalue weighted by Gasteiger charge is -2.35. The average Bonchev–Trinajstić information content (AvgIpc) is 4.17. The van der Waals surface area contributed by atoms with E-state index in [9.17, 15) is 67.8 Å². The number of aliphatic hydroxyl groups is 4. The van der Waals surface area contributed by atoms with Gasteiger partial charge in [0.15, 0.2) is 35.1 Å². The predicted molar refractivity (Wildman–Crippen MR) is 233 cm³/mol. The first-order valence-electron chi connectivity index (χ1n) is 21.2. The fourth-order valence-corrected chi connectivity index (χ4v) is 12.7. The largest absolute Gasteiger partial charge is 0.756 e. The molecule has 4 aliphatic rings. The Labute approximate surface area is 415 Å². The number of H-pyrrole nitrogens is 2. The van der Waals surface area contributed by atoms with E-state index in [0.717, 1.165) is 39.8 Å². The SMILES string of the molecule is CO[C@H]1[C@@H](OP(=O)(O)OC[C@H]2O[C@@H](n3cnc4c(=O)[nH]c(N)nc43)[C@H](O)[C@@H]2O)[C@H](n2cnc3c(N)ncnc32)O[C@@H]1COP(=O)([O-])OP(=O)([O-])OP(=O)([O-])OC[C@H]1O[C@@H]([N+]2=C[NH+](C)c3c2nc(N)[nH]c3=O)[C@H](O)[C@@H]1O. The number of phosphoric acid groups is 4. The third-order valence-corrected chi connectivity index (χ3v) is 16.7. The zero-order valence-electron chi connectivity index (χ0n) is 37.9. The zero-order valence-corrected chi connectivity index (χ0v) is 41.5. The van der Waals surface area contributed by atoms with Crippen LogP contribution >= 0.6 is 31.3 Å². The molecule has 3 fully saturated rings. The fraction of sp³-hybridized carbons (Fsp3) is 0.531. The van der Waals surface area contributed by atoms with Crippen LogP contribution < -0.4 is 47.9 Å². The number of fused-ring (bicyclic) bond motifs is 3. The average molecular weight is 1140 g/mol. The number of hydrogen-bond acceptors (Lipinski definition) is 32. The molecule has 0 bridgehead atoms. The first kappa shape index (κ1) is 54.8. The highest BCUT2D eigenvalue weighted by Gasteiger charge is 2.54. The lowest BCUT2D eigenvalue weighted by Crippen LogP contribution is -3.03. The minimum atomic E-state index is -6.54. The van der Waals surface area contributed by atoms with Gasteiger partial charge >= 0.3 is 25.1 Å². The van der Waals surface area contributed by atoms with E-state index in [1.807, 2.05) is 0 Å². The molecule has 410 valence electrons. The van der Waals surface area contributed by atoms with Crippen molar-refractivity contribution in [1.29, 1.82) is 0 Å². The van der Waals surface area contributed by atoms with Gasteiger partial charge in [0.25, 0.3) is 41.1 Å². The molecule has 17 atom stereocenters. The van der Waals surface area contributed by atoms with Crippen LogP contribution in [0.2, 0.25) is 0 Å². The molecule has 0 aromatic carbocycles. The molecule has 39 nitrogen and oxygen atoms in total. The van der Waals surface area contributed by atoms with Gasteiger partial charge in [-0.05, 0) is 0 Å². The van der Waals surface area contributed by atoms with E-state index >= 15 is 0 Å². The van der Waals surface area contributed by atoms with Crippen molar-refractivity contribution in [1.82, 2.24) is 49.0 Å². The molecule has 14 N–H and O–H groups in total. The Morgan fingerprint density at radius 1 is 0.720 bits per heavy atom. The summed E-state index contributed by atoms with van der Waals surface area (Å²) in [5.41, 5.74) is 15.4. The molecule has 5 unspecified atom stereocenters. The quantitative estimate of drug-likeness (QED) is 0.0270. The first-order chi connectivity index (χ1) is 35.2. The lowest BCUT2D eigenvalue weighted by molar-refractivity contribution is -0.715. The number of hydrogen-bond donors (Lipinski definition) is 11. The third-order valence-electron chi connectivity index (χ3n) is 11.6. The summed E-state index contributed by atoms with van der Waals surface area (Å²) in [4.78, 5) is 103. The smallest absolute Gasteiger partial charge is 0.472 e. The number of quaternary nitrogens is 1. The topological polar surface area (TPSA) is 569 Å². The number of nitrogens with two attached hydrogens (primary N) is 3. The number of anilines is 3. The van der Waals surface area contributed by atoms with Crippen LogP contribution in [0.25, 0.3) is 22.3 Å². The van der Waals surface area contributed by atoms with Crippen molar-refractivity contribution >= 4 is 89.2 Å². The van der Waals surface area contributed by atoms with E-state index in [1.165, 1.54) is 13.4 Å². The normalized spacial score (nSPS) is 32.0. The van der Waals surface area contributed by atoms with Gasteiger partial charge in [0.2, 0.25) is 12.2 Å². The van der Waals surface area contributed by atoms with Crippen LogP contribution in [-0.4, -0.2) is 180 Å². The number of aliphatic hydroxyl groups excluding tert-OH is 4. The van der Waals surface area contributed by atoms with Crippen molar-refractivity contribution in [2.75, 3.05) is 51.2 Å². The van der Waals surface area contributed by atoms with Crippen molar-refractivity contribution in [3.63, 3.8) is 0 Å². The van der Waals surface area contributed by atoms with E-state index < -0.39 is 136 Å². The third kappa shape index (κ3) is 11.0. The maximum Gasteiger partial charge on any atom is 0.472 e. The van der Waals surface area contributed by atoms with Gasteiger partial charge in [-0.2, -0.15) is 4.98 Å². The molecule has 9 heterocycles. The summed E-state index contributed by atoms with van der Waals surface area (Å²) in [5.74, 6) is -0.854. The van der Waals surface area contributed by atoms with Gasteiger partial charge in [-0.25, -0.2) is 38.0 Å². The zero-order chi connectivity index (χ0) is 54.3. The summed E-state index contributed by atoms with van der Waals surface area (Å²) in [7, 11) is -21.8. The summed E-state index contributed by atoms with van der Waals surface area (Å²) in [6.45, 7) is -3.48. The second kappa shape index (κ2) is 20.4. The van der Waals surface area contributed by atoms with Crippen molar-refractivity contribution in [2.45, 2.75) is 73.6 Å². The molecule has 9 rings (SSSR count). The number of imidazole rings is 2. The summed E-state index contributed by atoms with van der Waals surface area (Å²) >= 11 is 0. The van der Waals surface area contributed by atoms with Crippen molar-refractivity contribution < 1.29 is 113 Å². The highest BCUT2D eigenvalue weighted by atomic mass is 31.3. The number of nitrogens with zero attached hydrogens (tertiary/aromatic N) is 9. The molecular weight excluding hydrogens is 1100 g/mol. The van der Waals surface area contributed by atoms with Crippen LogP contribution in [-0.2, 0) is 63.9 Å². The molecule has 5 aromatic heterocycles. The summed E-state index contributed by atoms with van der Waals surface area (Å²) in [6.07, 6.45) is -16.2. The Bertz CT molecular complexity index is 3360. The van der Waals surface area contributed by atoms with Gasteiger partial charge in [0.1, 0.15) is 66.8 Å². The molecule has 5 aromatic rings. The summed E-state index contributed by atoms with van der Waals surface area (Å²) in [6, 6.07) is 0. The van der Waals surface area contributed by atoms with Crippen molar-refractivity contribution in [3.8, 4) is 0 Å². The molecule has 0 saturated carbocycles. The maximum atomic E-state index is 13.7. The number of nitrogens with one attached hydrogen (secondary N) is 3. The number of methoxy groups -OCH3 is 1. The molecule has 0 amide bonds. The van der Waals surface area contributed by atoms with E-state index in [1.54, 1.807) is 0 Å². The monoisotopic (exact) mass is 1140 g/mol. The molecule has 43 heteroatoms. The first-order valence-corrected chi connectivity index (χ1v) is 27.1. The Hall–Kier alpha value is -4.99.